The maximum Gasteiger partial charge on any atom is 0.181 e. The molecule has 39 heavy (non-hydrogen) atoms. The number of likely N-dealkylation sites (N-methyl/N-ethyl adjacent to an activating group) is 1. The maximum atomic E-state index is 14.6. The van der Waals surface area contributed by atoms with Crippen LogP contribution < -0.4 is 9.47 Å². The third kappa shape index (κ3) is 4.87. The summed E-state index contributed by atoms with van der Waals surface area (Å²) in [5.41, 5.74) is 5.48. The zero-order valence-electron chi connectivity index (χ0n) is 21.6. The van der Waals surface area contributed by atoms with Gasteiger partial charge in [-0.05, 0) is 50.0 Å². The minimum atomic E-state index is -0.387. The van der Waals surface area contributed by atoms with Crippen molar-refractivity contribution in [2.75, 3.05) is 34.4 Å². The minimum absolute atomic E-state index is 0.387. The minimum Gasteiger partial charge on any atom is -0.495 e. The highest BCUT2D eigenvalue weighted by atomic mass is 19.1. The first-order valence-corrected chi connectivity index (χ1v) is 12.3. The van der Waals surface area contributed by atoms with Crippen molar-refractivity contribution in [3.63, 3.8) is 0 Å². The molecule has 5 heterocycles. The van der Waals surface area contributed by atoms with E-state index >= 15 is 0 Å². The smallest absolute Gasteiger partial charge is 0.181 e. The number of aromatic amines is 2. The molecule has 0 fully saturated rings. The van der Waals surface area contributed by atoms with Gasteiger partial charge >= 0.3 is 0 Å². The molecule has 0 saturated carbocycles. The lowest BCUT2D eigenvalue weighted by Crippen LogP contribution is -2.19. The molecule has 0 saturated heterocycles. The van der Waals surface area contributed by atoms with Crippen molar-refractivity contribution >= 4 is 22.2 Å². The monoisotopic (exact) mass is 524 g/mol. The van der Waals surface area contributed by atoms with Gasteiger partial charge in [-0.3, -0.25) is 10.1 Å². The number of pyridine rings is 3. The van der Waals surface area contributed by atoms with Crippen molar-refractivity contribution in [3.05, 3.63) is 67.0 Å². The number of methoxy groups -OCH3 is 1. The average molecular weight is 525 g/mol. The van der Waals surface area contributed by atoms with Gasteiger partial charge in [-0.25, -0.2) is 19.3 Å². The van der Waals surface area contributed by atoms with Gasteiger partial charge in [-0.15, -0.1) is 0 Å². The number of hydrogen-bond donors (Lipinski definition) is 2. The third-order valence-corrected chi connectivity index (χ3v) is 6.31. The number of rotatable bonds is 8. The highest BCUT2D eigenvalue weighted by molar-refractivity contribution is 5.96. The number of aromatic nitrogens is 7. The zero-order valence-corrected chi connectivity index (χ0v) is 21.6. The molecule has 11 heteroatoms. The lowest BCUT2D eigenvalue weighted by Gasteiger charge is -2.12. The van der Waals surface area contributed by atoms with E-state index in [1.54, 1.807) is 31.9 Å². The summed E-state index contributed by atoms with van der Waals surface area (Å²) in [6.07, 6.45) is 6.79. The summed E-state index contributed by atoms with van der Waals surface area (Å²) in [6, 6.07) is 10.4. The van der Waals surface area contributed by atoms with Crippen molar-refractivity contribution in [2.45, 2.75) is 0 Å². The van der Waals surface area contributed by atoms with E-state index in [4.69, 9.17) is 14.5 Å². The largest absolute Gasteiger partial charge is 0.495 e. The van der Waals surface area contributed by atoms with Crippen LogP contribution in [0.4, 0.5) is 4.39 Å². The Bertz CT molecular complexity index is 1800. The number of nitrogens with one attached hydrogen (secondary N) is 2. The Morgan fingerprint density at radius 2 is 1.77 bits per heavy atom. The fraction of sp³-hybridized carbons (Fsp3) is 0.179. The van der Waals surface area contributed by atoms with Crippen LogP contribution in [0.25, 0.3) is 56.0 Å². The summed E-state index contributed by atoms with van der Waals surface area (Å²) < 4.78 is 25.7. The Labute approximate surface area is 222 Å². The molecule has 0 atom stereocenters. The van der Waals surface area contributed by atoms with Gasteiger partial charge in [-0.2, -0.15) is 5.10 Å². The molecule has 0 bridgehead atoms. The predicted octanol–water partition coefficient (Wildman–Crippen LogP) is 4.71. The Morgan fingerprint density at radius 1 is 0.923 bits per heavy atom. The molecule has 6 rings (SSSR count). The van der Waals surface area contributed by atoms with Crippen LogP contribution in [0, 0.1) is 5.82 Å². The normalized spacial score (nSPS) is 11.5. The first-order valence-electron chi connectivity index (χ1n) is 12.3. The zero-order chi connectivity index (χ0) is 26.9. The van der Waals surface area contributed by atoms with Crippen molar-refractivity contribution in [3.8, 4) is 45.3 Å². The predicted molar refractivity (Wildman–Crippen MR) is 146 cm³/mol. The van der Waals surface area contributed by atoms with Gasteiger partial charge in [0.25, 0.3) is 0 Å². The second-order valence-corrected chi connectivity index (χ2v) is 9.28. The van der Waals surface area contributed by atoms with Gasteiger partial charge in [0.1, 0.15) is 29.6 Å². The fourth-order valence-corrected chi connectivity index (χ4v) is 4.34. The van der Waals surface area contributed by atoms with Gasteiger partial charge < -0.3 is 19.4 Å². The van der Waals surface area contributed by atoms with Gasteiger partial charge in [0.15, 0.2) is 17.1 Å². The highest BCUT2D eigenvalue weighted by Crippen LogP contribution is 2.33. The van der Waals surface area contributed by atoms with E-state index in [1.165, 1.54) is 12.1 Å². The lowest BCUT2D eigenvalue weighted by molar-refractivity contribution is 0.260. The van der Waals surface area contributed by atoms with Crippen LogP contribution in [0.15, 0.2) is 61.2 Å². The van der Waals surface area contributed by atoms with Crippen LogP contribution in [-0.4, -0.2) is 74.4 Å². The van der Waals surface area contributed by atoms with Gasteiger partial charge in [0.05, 0.1) is 24.2 Å². The number of ether oxygens (including phenoxy) is 2. The number of H-pyrrole nitrogens is 2. The van der Waals surface area contributed by atoms with Crippen LogP contribution in [-0.2, 0) is 0 Å². The molecular weight excluding hydrogens is 499 g/mol. The molecule has 6 aromatic rings. The lowest BCUT2D eigenvalue weighted by atomic mass is 10.1. The third-order valence-electron chi connectivity index (χ3n) is 6.31. The molecule has 0 spiro atoms. The van der Waals surface area contributed by atoms with Crippen molar-refractivity contribution in [2.24, 2.45) is 0 Å². The second-order valence-electron chi connectivity index (χ2n) is 9.28. The van der Waals surface area contributed by atoms with E-state index in [-0.39, 0.29) is 5.82 Å². The van der Waals surface area contributed by atoms with Crippen molar-refractivity contribution in [1.29, 1.82) is 0 Å². The van der Waals surface area contributed by atoms with Crippen LogP contribution in [0.3, 0.4) is 0 Å². The first-order chi connectivity index (χ1) is 19.0. The second kappa shape index (κ2) is 10.1. The average Bonchev–Trinajstić information content (AvgIpc) is 3.56. The Kier molecular flexibility index (Phi) is 6.33. The molecule has 0 aliphatic heterocycles. The van der Waals surface area contributed by atoms with E-state index in [9.17, 15) is 4.39 Å². The summed E-state index contributed by atoms with van der Waals surface area (Å²) in [5.74, 6) is 1.26. The van der Waals surface area contributed by atoms with E-state index < -0.39 is 0 Å². The quantitative estimate of drug-likeness (QED) is 0.294. The topological polar surface area (TPSA) is 118 Å². The highest BCUT2D eigenvalue weighted by Gasteiger charge is 2.17. The number of halogens is 1. The molecule has 0 aliphatic carbocycles. The molecule has 1 aromatic carbocycles. The number of benzene rings is 1. The van der Waals surface area contributed by atoms with Crippen molar-refractivity contribution < 1.29 is 13.9 Å². The molecule has 0 radical (unpaired) electrons. The van der Waals surface area contributed by atoms with E-state index in [0.29, 0.717) is 52.0 Å². The molecule has 196 valence electrons. The van der Waals surface area contributed by atoms with E-state index in [0.717, 1.165) is 28.6 Å². The maximum absolute atomic E-state index is 14.6. The standard InChI is InChI=1S/C28H25FN8O2/c1-37(2)6-7-39-20-9-16(8-19(29)12-20)22-4-5-31-27-24(22)33-28(34-27)25-23-11-18(14-32-26(23)36-35-25)17-10-21(38-3)15-30-13-17/h4-5,8-15H,6-7H2,1-3H3,(H,31,33,34)(H,32,35,36). The molecule has 2 N–H and O–H groups in total. The summed E-state index contributed by atoms with van der Waals surface area (Å²) in [6.45, 7) is 1.17. The summed E-state index contributed by atoms with van der Waals surface area (Å²) in [4.78, 5) is 23.2. The molecular formula is C28H25FN8O2. The van der Waals surface area contributed by atoms with Crippen molar-refractivity contribution in [1.82, 2.24) is 40.0 Å². The van der Waals surface area contributed by atoms with E-state index in [1.807, 2.05) is 43.3 Å². The van der Waals surface area contributed by atoms with Crippen LogP contribution >= 0.6 is 0 Å². The molecule has 10 nitrogen and oxygen atoms in total. The van der Waals surface area contributed by atoms with Gasteiger partial charge in [-0.1, -0.05) is 0 Å². The number of fused-ring (bicyclic) bond motifs is 2. The summed E-state index contributed by atoms with van der Waals surface area (Å²) >= 11 is 0. The van der Waals surface area contributed by atoms with Gasteiger partial charge in [0.2, 0.25) is 0 Å². The molecule has 0 aliphatic rings. The first kappa shape index (κ1) is 24.4. The SMILES string of the molecule is COc1cncc(-c2cnc3n[nH]c(-c4nc5nccc(-c6cc(F)cc(OCCN(C)C)c6)c5[nH]4)c3c2)c1. The van der Waals surface area contributed by atoms with Crippen LogP contribution in [0.5, 0.6) is 11.5 Å². The molecule has 0 amide bonds. The van der Waals surface area contributed by atoms with E-state index in [2.05, 4.69) is 30.1 Å². The molecule has 5 aromatic heterocycles. The fourth-order valence-electron chi connectivity index (χ4n) is 4.34. The Morgan fingerprint density at radius 3 is 2.62 bits per heavy atom. The van der Waals surface area contributed by atoms with Gasteiger partial charge in [0, 0.05) is 47.9 Å². The van der Waals surface area contributed by atoms with Crippen LogP contribution in [0.2, 0.25) is 0 Å². The Hall–Kier alpha value is -4.90. The van der Waals surface area contributed by atoms with Crippen LogP contribution in [0.1, 0.15) is 0 Å². The molecule has 0 unspecified atom stereocenters. The number of hydrogen-bond acceptors (Lipinski definition) is 8. The summed E-state index contributed by atoms with van der Waals surface area (Å²) in [7, 11) is 5.52. The summed E-state index contributed by atoms with van der Waals surface area (Å²) in [5, 5.41) is 8.17. The number of nitrogens with zero attached hydrogens (tertiary/aromatic N) is 6. The Balaban J connectivity index is 1.40. The number of imidazole rings is 1.